The van der Waals surface area contributed by atoms with Gasteiger partial charge in [0.05, 0.1) is 23.3 Å². The highest BCUT2D eigenvalue weighted by atomic mass is 35.5. The third kappa shape index (κ3) is 2.45. The van der Waals surface area contributed by atoms with Gasteiger partial charge in [-0.3, -0.25) is 10.1 Å². The SMILES string of the molecule is N=C(N)c1cccc(Cn2cc(Cl)cn2)c1F. The van der Waals surface area contributed by atoms with Crippen molar-refractivity contribution < 1.29 is 4.39 Å². The Kier molecular flexibility index (Phi) is 3.10. The summed E-state index contributed by atoms with van der Waals surface area (Å²) in [6.45, 7) is 0.250. The van der Waals surface area contributed by atoms with Crippen molar-refractivity contribution >= 4 is 17.4 Å². The van der Waals surface area contributed by atoms with E-state index < -0.39 is 5.82 Å². The molecular weight excluding hydrogens is 243 g/mol. The van der Waals surface area contributed by atoms with E-state index in [-0.39, 0.29) is 17.9 Å². The van der Waals surface area contributed by atoms with E-state index in [9.17, 15) is 4.39 Å². The fourth-order valence-corrected chi connectivity index (χ4v) is 1.67. The molecule has 0 atom stereocenters. The summed E-state index contributed by atoms with van der Waals surface area (Å²) >= 11 is 5.72. The fraction of sp³-hybridized carbons (Fsp3) is 0.0909. The molecule has 2 rings (SSSR count). The molecule has 0 saturated heterocycles. The van der Waals surface area contributed by atoms with Crippen LogP contribution >= 0.6 is 11.6 Å². The first kappa shape index (κ1) is 11.6. The van der Waals surface area contributed by atoms with Gasteiger partial charge in [-0.05, 0) is 6.07 Å². The molecule has 0 unspecified atom stereocenters. The Balaban J connectivity index is 2.33. The zero-order chi connectivity index (χ0) is 12.4. The molecule has 0 aliphatic rings. The zero-order valence-corrected chi connectivity index (χ0v) is 9.58. The zero-order valence-electron chi connectivity index (χ0n) is 8.82. The minimum atomic E-state index is -0.494. The molecule has 0 radical (unpaired) electrons. The molecule has 1 heterocycles. The molecule has 0 fully saturated rings. The number of nitrogen functional groups attached to an aromatic ring is 1. The van der Waals surface area contributed by atoms with Crippen LogP contribution in [0.15, 0.2) is 30.6 Å². The van der Waals surface area contributed by atoms with Crippen molar-refractivity contribution in [1.29, 1.82) is 5.41 Å². The van der Waals surface area contributed by atoms with E-state index in [0.717, 1.165) is 0 Å². The minimum Gasteiger partial charge on any atom is -0.384 e. The molecule has 0 spiro atoms. The first-order valence-corrected chi connectivity index (χ1v) is 5.25. The van der Waals surface area contributed by atoms with Gasteiger partial charge in [0.15, 0.2) is 0 Å². The lowest BCUT2D eigenvalue weighted by atomic mass is 10.1. The van der Waals surface area contributed by atoms with Crippen LogP contribution in [0.1, 0.15) is 11.1 Å². The van der Waals surface area contributed by atoms with Crippen molar-refractivity contribution in [2.24, 2.45) is 5.73 Å². The highest BCUT2D eigenvalue weighted by molar-refractivity contribution is 6.30. The first-order valence-electron chi connectivity index (χ1n) is 4.87. The summed E-state index contributed by atoms with van der Waals surface area (Å²) in [6, 6.07) is 4.74. The van der Waals surface area contributed by atoms with Crippen molar-refractivity contribution in [2.45, 2.75) is 6.54 Å². The van der Waals surface area contributed by atoms with E-state index in [1.54, 1.807) is 18.3 Å². The highest BCUT2D eigenvalue weighted by Crippen LogP contribution is 2.14. The van der Waals surface area contributed by atoms with Gasteiger partial charge < -0.3 is 5.73 Å². The largest absolute Gasteiger partial charge is 0.384 e. The lowest BCUT2D eigenvalue weighted by Crippen LogP contribution is -2.15. The number of nitrogens with two attached hydrogens (primary N) is 1. The predicted molar refractivity (Wildman–Crippen MR) is 63.8 cm³/mol. The van der Waals surface area contributed by atoms with E-state index >= 15 is 0 Å². The normalized spacial score (nSPS) is 10.5. The van der Waals surface area contributed by atoms with Crippen molar-refractivity contribution in [3.8, 4) is 0 Å². The molecule has 2 aromatic rings. The maximum absolute atomic E-state index is 13.9. The summed E-state index contributed by atoms with van der Waals surface area (Å²) in [5.41, 5.74) is 5.79. The average molecular weight is 253 g/mol. The molecule has 1 aromatic heterocycles. The molecule has 3 N–H and O–H groups in total. The van der Waals surface area contributed by atoms with Gasteiger partial charge in [0, 0.05) is 11.8 Å². The van der Waals surface area contributed by atoms with Gasteiger partial charge in [-0.15, -0.1) is 0 Å². The van der Waals surface area contributed by atoms with Crippen LogP contribution in [-0.2, 0) is 6.54 Å². The first-order chi connectivity index (χ1) is 8.08. The Hall–Kier alpha value is -1.88. The standard InChI is InChI=1S/C11H10ClFN4/c12-8-4-16-17(6-8)5-7-2-1-3-9(10(7)13)11(14)15/h1-4,6H,5H2,(H3,14,15). The predicted octanol–water partition coefficient (Wildman–Crippen LogP) is 2.01. The van der Waals surface area contributed by atoms with Crippen molar-refractivity contribution in [3.63, 3.8) is 0 Å². The third-order valence-corrected chi connectivity index (χ3v) is 2.50. The third-order valence-electron chi connectivity index (χ3n) is 2.30. The Labute approximate surface area is 102 Å². The second-order valence-electron chi connectivity index (χ2n) is 3.55. The molecule has 0 bridgehead atoms. The van der Waals surface area contributed by atoms with Gasteiger partial charge in [0.25, 0.3) is 0 Å². The topological polar surface area (TPSA) is 67.7 Å². The second kappa shape index (κ2) is 4.55. The van der Waals surface area contributed by atoms with Crippen LogP contribution < -0.4 is 5.73 Å². The highest BCUT2D eigenvalue weighted by Gasteiger charge is 2.10. The average Bonchev–Trinajstić information content (AvgIpc) is 2.67. The van der Waals surface area contributed by atoms with Crippen LogP contribution in [0.2, 0.25) is 5.02 Å². The molecule has 88 valence electrons. The summed E-state index contributed by atoms with van der Waals surface area (Å²) in [6.07, 6.45) is 3.08. The molecule has 0 aliphatic heterocycles. The van der Waals surface area contributed by atoms with Gasteiger partial charge in [-0.2, -0.15) is 5.10 Å². The number of hydrogen-bond acceptors (Lipinski definition) is 2. The van der Waals surface area contributed by atoms with Crippen LogP contribution in [0.4, 0.5) is 4.39 Å². The smallest absolute Gasteiger partial charge is 0.139 e. The van der Waals surface area contributed by atoms with E-state index in [1.165, 1.54) is 16.9 Å². The number of amidine groups is 1. The molecule has 4 nitrogen and oxygen atoms in total. The van der Waals surface area contributed by atoms with E-state index in [0.29, 0.717) is 10.6 Å². The number of halogens is 2. The van der Waals surface area contributed by atoms with Gasteiger partial charge in [-0.1, -0.05) is 23.7 Å². The lowest BCUT2D eigenvalue weighted by molar-refractivity contribution is 0.583. The van der Waals surface area contributed by atoms with E-state index in [4.69, 9.17) is 22.7 Å². The van der Waals surface area contributed by atoms with E-state index in [2.05, 4.69) is 5.10 Å². The van der Waals surface area contributed by atoms with Crippen molar-refractivity contribution in [1.82, 2.24) is 9.78 Å². The van der Waals surface area contributed by atoms with E-state index in [1.807, 2.05) is 0 Å². The second-order valence-corrected chi connectivity index (χ2v) is 3.98. The number of rotatable bonds is 3. The number of nitrogens with one attached hydrogen (secondary N) is 1. The maximum atomic E-state index is 13.9. The van der Waals surface area contributed by atoms with Crippen LogP contribution in [-0.4, -0.2) is 15.6 Å². The molecule has 0 aliphatic carbocycles. The number of hydrogen-bond donors (Lipinski definition) is 2. The number of aromatic nitrogens is 2. The molecule has 6 heteroatoms. The fourth-order valence-electron chi connectivity index (χ4n) is 1.51. The number of nitrogens with zero attached hydrogens (tertiary/aromatic N) is 2. The maximum Gasteiger partial charge on any atom is 0.139 e. The quantitative estimate of drug-likeness (QED) is 0.648. The Bertz CT molecular complexity index is 564. The summed E-state index contributed by atoms with van der Waals surface area (Å²) in [5.74, 6) is -0.783. The van der Waals surface area contributed by atoms with Gasteiger partial charge in [0.1, 0.15) is 11.7 Å². The lowest BCUT2D eigenvalue weighted by Gasteiger charge is -2.07. The monoisotopic (exact) mass is 252 g/mol. The number of benzene rings is 1. The van der Waals surface area contributed by atoms with Crippen molar-refractivity contribution in [3.05, 3.63) is 52.6 Å². The summed E-state index contributed by atoms with van der Waals surface area (Å²) < 4.78 is 15.4. The molecule has 1 aromatic carbocycles. The summed E-state index contributed by atoms with van der Waals surface area (Å²) in [7, 11) is 0. The van der Waals surface area contributed by atoms with Gasteiger partial charge in [-0.25, -0.2) is 4.39 Å². The molecule has 0 saturated carbocycles. The van der Waals surface area contributed by atoms with Gasteiger partial charge in [0.2, 0.25) is 0 Å². The minimum absolute atomic E-state index is 0.0979. The van der Waals surface area contributed by atoms with Crippen molar-refractivity contribution in [2.75, 3.05) is 0 Å². The van der Waals surface area contributed by atoms with Crippen LogP contribution in [0, 0.1) is 11.2 Å². The molecule has 17 heavy (non-hydrogen) atoms. The summed E-state index contributed by atoms with van der Waals surface area (Å²) in [5, 5.41) is 11.7. The summed E-state index contributed by atoms with van der Waals surface area (Å²) in [4.78, 5) is 0. The molecular formula is C11H10ClFN4. The molecule has 0 amide bonds. The Morgan fingerprint density at radius 3 is 2.88 bits per heavy atom. The van der Waals surface area contributed by atoms with Crippen LogP contribution in [0.25, 0.3) is 0 Å². The Morgan fingerprint density at radius 1 is 1.53 bits per heavy atom. The Morgan fingerprint density at radius 2 is 2.29 bits per heavy atom. The van der Waals surface area contributed by atoms with Crippen LogP contribution in [0.5, 0.6) is 0 Å². The van der Waals surface area contributed by atoms with Gasteiger partial charge >= 0.3 is 0 Å². The van der Waals surface area contributed by atoms with Crippen LogP contribution in [0.3, 0.4) is 0 Å².